The van der Waals surface area contributed by atoms with Crippen LogP contribution in [0.5, 0.6) is 0 Å². The van der Waals surface area contributed by atoms with Crippen molar-refractivity contribution < 1.29 is 9.59 Å². The van der Waals surface area contributed by atoms with E-state index in [0.717, 1.165) is 35.5 Å². The molecule has 3 rings (SSSR count). The van der Waals surface area contributed by atoms with E-state index in [2.05, 4.69) is 21.6 Å². The van der Waals surface area contributed by atoms with Gasteiger partial charge in [0.25, 0.3) is 0 Å². The lowest BCUT2D eigenvalue weighted by atomic mass is 10.1. The summed E-state index contributed by atoms with van der Waals surface area (Å²) in [6.07, 6.45) is 2.42. The fourth-order valence-corrected chi connectivity index (χ4v) is 3.63. The zero-order valence-corrected chi connectivity index (χ0v) is 15.8. The van der Waals surface area contributed by atoms with Crippen molar-refractivity contribution in [1.29, 1.82) is 0 Å². The molecule has 26 heavy (non-hydrogen) atoms. The van der Waals surface area contributed by atoms with Gasteiger partial charge in [-0.3, -0.25) is 9.59 Å². The van der Waals surface area contributed by atoms with Gasteiger partial charge in [0.05, 0.1) is 5.75 Å². The number of benzene rings is 1. The molecule has 138 valence electrons. The normalized spacial score (nSPS) is 13.6. The summed E-state index contributed by atoms with van der Waals surface area (Å²) in [6.45, 7) is 4.45. The number of hydrogen-bond donors (Lipinski definition) is 2. The molecule has 1 aromatic carbocycles. The van der Waals surface area contributed by atoms with Crippen LogP contribution >= 0.6 is 11.8 Å². The quantitative estimate of drug-likeness (QED) is 0.692. The number of nitrogens with zero attached hydrogens (tertiary/aromatic N) is 3. The first-order valence-electron chi connectivity index (χ1n) is 8.64. The number of hydrogen-bond acceptors (Lipinski definition) is 5. The van der Waals surface area contributed by atoms with Crippen molar-refractivity contribution in [2.24, 2.45) is 5.73 Å². The van der Waals surface area contributed by atoms with Crippen molar-refractivity contribution >= 4 is 29.3 Å². The second kappa shape index (κ2) is 7.90. The summed E-state index contributed by atoms with van der Waals surface area (Å²) in [5.41, 5.74) is 8.27. The Bertz CT molecular complexity index is 809. The van der Waals surface area contributed by atoms with Crippen LogP contribution in [0.25, 0.3) is 0 Å². The third-order valence-corrected chi connectivity index (χ3v) is 5.07. The van der Waals surface area contributed by atoms with Crippen molar-refractivity contribution in [1.82, 2.24) is 14.8 Å². The molecule has 0 unspecified atom stereocenters. The summed E-state index contributed by atoms with van der Waals surface area (Å²) < 4.78 is 1.93. The van der Waals surface area contributed by atoms with Crippen LogP contribution in [-0.2, 0) is 16.1 Å². The topological polar surface area (TPSA) is 103 Å². The van der Waals surface area contributed by atoms with E-state index in [0.29, 0.717) is 17.6 Å². The van der Waals surface area contributed by atoms with E-state index in [1.54, 1.807) is 0 Å². The van der Waals surface area contributed by atoms with E-state index < -0.39 is 0 Å². The highest BCUT2D eigenvalue weighted by Crippen LogP contribution is 2.40. The molecule has 1 aromatic heterocycles. The predicted octanol–water partition coefficient (Wildman–Crippen LogP) is 2.38. The van der Waals surface area contributed by atoms with Crippen LogP contribution in [0.1, 0.15) is 42.1 Å². The molecule has 0 atom stereocenters. The molecule has 1 saturated carbocycles. The van der Waals surface area contributed by atoms with Crippen molar-refractivity contribution in [2.75, 3.05) is 11.1 Å². The van der Waals surface area contributed by atoms with E-state index in [1.807, 2.05) is 30.5 Å². The molecule has 1 aliphatic carbocycles. The minimum atomic E-state index is -0.357. The van der Waals surface area contributed by atoms with E-state index in [-0.39, 0.29) is 24.0 Å². The molecule has 2 amide bonds. The van der Waals surface area contributed by atoms with Gasteiger partial charge >= 0.3 is 0 Å². The first kappa shape index (κ1) is 18.4. The lowest BCUT2D eigenvalue weighted by Crippen LogP contribution is -2.17. The van der Waals surface area contributed by atoms with Gasteiger partial charge in [0.15, 0.2) is 5.16 Å². The van der Waals surface area contributed by atoms with E-state index >= 15 is 0 Å². The molecule has 8 heteroatoms. The highest BCUT2D eigenvalue weighted by molar-refractivity contribution is 7.99. The molecule has 3 N–H and O–H groups in total. The van der Waals surface area contributed by atoms with Gasteiger partial charge in [0.2, 0.25) is 11.8 Å². The smallest absolute Gasteiger partial charge is 0.234 e. The molecule has 1 heterocycles. The van der Waals surface area contributed by atoms with Crippen molar-refractivity contribution in [3.63, 3.8) is 0 Å². The third kappa shape index (κ3) is 4.85. The Morgan fingerprint density at radius 3 is 2.54 bits per heavy atom. The Morgan fingerprint density at radius 2 is 1.92 bits per heavy atom. The predicted molar refractivity (Wildman–Crippen MR) is 101 cm³/mol. The average Bonchev–Trinajstić information content (AvgIpc) is 3.30. The maximum absolute atomic E-state index is 12.3. The summed E-state index contributed by atoms with van der Waals surface area (Å²) in [5, 5.41) is 12.0. The number of rotatable bonds is 8. The first-order valence-corrected chi connectivity index (χ1v) is 9.63. The van der Waals surface area contributed by atoms with Crippen molar-refractivity contribution in [3.8, 4) is 0 Å². The summed E-state index contributed by atoms with van der Waals surface area (Å²) in [5.74, 6) is 1.07. The first-order chi connectivity index (χ1) is 12.4. The Hall–Kier alpha value is -2.35. The van der Waals surface area contributed by atoms with Gasteiger partial charge in [0.1, 0.15) is 5.82 Å². The molecule has 0 spiro atoms. The molecule has 7 nitrogen and oxygen atoms in total. The van der Waals surface area contributed by atoms with Gasteiger partial charge in [0, 0.05) is 24.6 Å². The number of primary amides is 1. The fourth-order valence-electron chi connectivity index (χ4n) is 2.86. The van der Waals surface area contributed by atoms with Crippen LogP contribution in [0.2, 0.25) is 0 Å². The van der Waals surface area contributed by atoms with Gasteiger partial charge in [-0.25, -0.2) is 0 Å². The van der Waals surface area contributed by atoms with Gasteiger partial charge in [-0.15, -0.1) is 10.2 Å². The van der Waals surface area contributed by atoms with Gasteiger partial charge in [-0.1, -0.05) is 17.8 Å². The van der Waals surface area contributed by atoms with E-state index in [1.165, 1.54) is 11.8 Å². The van der Waals surface area contributed by atoms with E-state index in [4.69, 9.17) is 5.73 Å². The minimum absolute atomic E-state index is 0.0996. The maximum Gasteiger partial charge on any atom is 0.234 e. The number of thioether (sulfide) groups is 1. The zero-order valence-electron chi connectivity index (χ0n) is 15.0. The average molecular weight is 373 g/mol. The highest BCUT2D eigenvalue weighted by Gasteiger charge is 2.30. The van der Waals surface area contributed by atoms with Crippen LogP contribution < -0.4 is 11.1 Å². The summed E-state index contributed by atoms with van der Waals surface area (Å²) in [4.78, 5) is 23.4. The number of carbonyl (C=O) groups excluding carboxylic acids is 2. The third-order valence-electron chi connectivity index (χ3n) is 4.11. The lowest BCUT2D eigenvalue weighted by molar-refractivity contribution is -0.118. The van der Waals surface area contributed by atoms with Crippen molar-refractivity contribution in [3.05, 3.63) is 35.2 Å². The second-order valence-electron chi connectivity index (χ2n) is 6.70. The zero-order chi connectivity index (χ0) is 18.7. The Balaban J connectivity index is 1.63. The SMILES string of the molecule is Cc1cc(C)cc(NC(=O)CSc2nnc(C3CC3)n2CCC(N)=O)c1. The van der Waals surface area contributed by atoms with E-state index in [9.17, 15) is 9.59 Å². The van der Waals surface area contributed by atoms with Gasteiger partial charge in [-0.2, -0.15) is 0 Å². The minimum Gasteiger partial charge on any atom is -0.370 e. The Labute approximate surface area is 156 Å². The van der Waals surface area contributed by atoms with Crippen LogP contribution in [-0.4, -0.2) is 32.3 Å². The standard InChI is InChI=1S/C18H23N5O2S/c1-11-7-12(2)9-14(8-11)20-16(25)10-26-18-22-21-17(13-3-4-13)23(18)6-5-15(19)24/h7-9,13H,3-6,10H2,1-2H3,(H2,19,24)(H,20,25). The van der Waals surface area contributed by atoms with Crippen LogP contribution in [0.3, 0.4) is 0 Å². The van der Waals surface area contributed by atoms with Gasteiger partial charge in [-0.05, 0) is 49.9 Å². The summed E-state index contributed by atoms with van der Waals surface area (Å²) in [6, 6.07) is 5.94. The molecule has 0 saturated heterocycles. The van der Waals surface area contributed by atoms with Crippen molar-refractivity contribution in [2.45, 2.75) is 50.7 Å². The second-order valence-corrected chi connectivity index (χ2v) is 7.64. The van der Waals surface area contributed by atoms with Crippen LogP contribution in [0, 0.1) is 13.8 Å². The Kier molecular flexibility index (Phi) is 5.61. The molecule has 0 aliphatic heterocycles. The monoisotopic (exact) mass is 373 g/mol. The highest BCUT2D eigenvalue weighted by atomic mass is 32.2. The summed E-state index contributed by atoms with van der Waals surface area (Å²) in [7, 11) is 0. The number of aromatic nitrogens is 3. The number of amides is 2. The number of anilines is 1. The molecular weight excluding hydrogens is 350 g/mol. The molecule has 0 bridgehead atoms. The Morgan fingerprint density at radius 1 is 1.23 bits per heavy atom. The molecule has 0 radical (unpaired) electrons. The van der Waals surface area contributed by atoms with Gasteiger partial charge < -0.3 is 15.6 Å². The summed E-state index contributed by atoms with van der Waals surface area (Å²) >= 11 is 1.33. The molecule has 1 aliphatic rings. The fraction of sp³-hybridized carbons (Fsp3) is 0.444. The maximum atomic E-state index is 12.3. The lowest BCUT2D eigenvalue weighted by Gasteiger charge is -2.09. The number of nitrogens with two attached hydrogens (primary N) is 1. The molecular formula is C18H23N5O2S. The van der Waals surface area contributed by atoms with Crippen LogP contribution in [0.4, 0.5) is 5.69 Å². The number of nitrogens with one attached hydrogen (secondary N) is 1. The molecule has 1 fully saturated rings. The number of aryl methyl sites for hydroxylation is 2. The largest absolute Gasteiger partial charge is 0.370 e. The molecule has 2 aromatic rings. The van der Waals surface area contributed by atoms with Crippen LogP contribution in [0.15, 0.2) is 23.4 Å². The number of carbonyl (C=O) groups is 2.